The van der Waals surface area contributed by atoms with Gasteiger partial charge < -0.3 is 30.2 Å². The van der Waals surface area contributed by atoms with E-state index in [0.717, 1.165) is 22.4 Å². The molecule has 46 heavy (non-hydrogen) atoms. The van der Waals surface area contributed by atoms with Crippen LogP contribution in [-0.2, 0) is 24.2 Å². The number of aromatic nitrogens is 3. The standard InChI is InChI=1S/C35H33N5O6/c1-23-25(20-32(39-23)46-29-12-9-28(10-13-29)40-34(43)26-5-4-16-36-21-26)15-18-45-30-11-7-24(8-14-33(41)42)27(19-30)22-38-35(44)31-6-2-3-17-37-31/h2-7,9-13,16-17,19-21,39H,8,14-15,18,22H2,1H3,(H,38,44)(H,40,43)(H,41,42). The van der Waals surface area contributed by atoms with Gasteiger partial charge in [0.15, 0.2) is 5.88 Å². The lowest BCUT2D eigenvalue weighted by Gasteiger charge is -2.13. The number of aromatic amines is 1. The summed E-state index contributed by atoms with van der Waals surface area (Å²) in [7, 11) is 0. The zero-order valence-electron chi connectivity index (χ0n) is 25.2. The van der Waals surface area contributed by atoms with Crippen LogP contribution >= 0.6 is 0 Å². The summed E-state index contributed by atoms with van der Waals surface area (Å²) in [6.07, 6.45) is 5.59. The number of ether oxygens (including phenoxy) is 2. The second-order valence-electron chi connectivity index (χ2n) is 10.4. The SMILES string of the molecule is Cc1[nH]c(Oc2ccc(NC(=O)c3cccnc3)cc2)cc1CCOc1ccc(CCC(=O)O)c(CNC(=O)c2ccccn2)c1. The van der Waals surface area contributed by atoms with E-state index in [0.29, 0.717) is 53.8 Å². The summed E-state index contributed by atoms with van der Waals surface area (Å²) >= 11 is 0. The molecule has 0 radical (unpaired) electrons. The molecule has 4 N–H and O–H groups in total. The third kappa shape index (κ3) is 8.79. The minimum Gasteiger partial charge on any atom is -0.493 e. The molecule has 3 aromatic heterocycles. The summed E-state index contributed by atoms with van der Waals surface area (Å²) in [5.41, 5.74) is 4.98. The Hall–Kier alpha value is -5.97. The lowest BCUT2D eigenvalue weighted by molar-refractivity contribution is -0.136. The van der Waals surface area contributed by atoms with E-state index in [-0.39, 0.29) is 24.8 Å². The lowest BCUT2D eigenvalue weighted by Crippen LogP contribution is -2.24. The summed E-state index contributed by atoms with van der Waals surface area (Å²) in [6.45, 7) is 2.55. The minimum atomic E-state index is -0.892. The predicted molar refractivity (Wildman–Crippen MR) is 171 cm³/mol. The molecule has 0 saturated carbocycles. The highest BCUT2D eigenvalue weighted by atomic mass is 16.5. The number of benzene rings is 2. The van der Waals surface area contributed by atoms with Crippen LogP contribution in [0.4, 0.5) is 5.69 Å². The quantitative estimate of drug-likeness (QED) is 0.123. The summed E-state index contributed by atoms with van der Waals surface area (Å²) in [5, 5.41) is 14.9. The number of nitrogens with one attached hydrogen (secondary N) is 3. The number of pyridine rings is 2. The zero-order valence-corrected chi connectivity index (χ0v) is 25.2. The van der Waals surface area contributed by atoms with Crippen molar-refractivity contribution in [1.29, 1.82) is 0 Å². The summed E-state index contributed by atoms with van der Waals surface area (Å²) in [4.78, 5) is 47.3. The topological polar surface area (TPSA) is 156 Å². The molecule has 2 amide bonds. The molecule has 0 aliphatic rings. The molecule has 234 valence electrons. The van der Waals surface area contributed by atoms with Crippen molar-refractivity contribution in [3.8, 4) is 17.4 Å². The third-order valence-corrected chi connectivity index (χ3v) is 7.12. The van der Waals surface area contributed by atoms with Crippen LogP contribution in [0.15, 0.2) is 97.5 Å². The van der Waals surface area contributed by atoms with Gasteiger partial charge in [-0.05, 0) is 90.7 Å². The van der Waals surface area contributed by atoms with Gasteiger partial charge in [0, 0.05) is 55.4 Å². The number of H-pyrrole nitrogens is 1. The Balaban J connectivity index is 1.16. The molecule has 5 rings (SSSR count). The summed E-state index contributed by atoms with van der Waals surface area (Å²) in [5.74, 6) is 0.340. The van der Waals surface area contributed by atoms with Gasteiger partial charge in [-0.25, -0.2) is 0 Å². The van der Waals surface area contributed by atoms with Crippen molar-refractivity contribution in [1.82, 2.24) is 20.3 Å². The first-order valence-corrected chi connectivity index (χ1v) is 14.7. The maximum atomic E-state index is 12.5. The summed E-state index contributed by atoms with van der Waals surface area (Å²) < 4.78 is 12.0. The van der Waals surface area contributed by atoms with Crippen molar-refractivity contribution >= 4 is 23.5 Å². The lowest BCUT2D eigenvalue weighted by atomic mass is 10.0. The molecule has 2 aromatic carbocycles. The Kier molecular flexibility index (Phi) is 10.4. The average Bonchev–Trinajstić information content (AvgIpc) is 3.42. The smallest absolute Gasteiger partial charge is 0.303 e. The Morgan fingerprint density at radius 2 is 1.67 bits per heavy atom. The highest BCUT2D eigenvalue weighted by Crippen LogP contribution is 2.26. The highest BCUT2D eigenvalue weighted by Gasteiger charge is 2.12. The Morgan fingerprint density at radius 1 is 0.848 bits per heavy atom. The fourth-order valence-electron chi connectivity index (χ4n) is 4.70. The predicted octanol–water partition coefficient (Wildman–Crippen LogP) is 5.73. The van der Waals surface area contributed by atoms with Crippen molar-refractivity contribution in [2.45, 2.75) is 32.7 Å². The van der Waals surface area contributed by atoms with Crippen LogP contribution < -0.4 is 20.1 Å². The van der Waals surface area contributed by atoms with E-state index in [1.165, 1.54) is 6.20 Å². The van der Waals surface area contributed by atoms with Gasteiger partial charge in [-0.3, -0.25) is 24.4 Å². The number of nitrogens with zero attached hydrogens (tertiary/aromatic N) is 2. The Bertz CT molecular complexity index is 1790. The molecule has 3 heterocycles. The average molecular weight is 620 g/mol. The van der Waals surface area contributed by atoms with E-state index in [2.05, 4.69) is 25.6 Å². The molecule has 0 aliphatic heterocycles. The molecule has 0 fully saturated rings. The molecule has 11 nitrogen and oxygen atoms in total. The number of carbonyl (C=O) groups is 3. The fourth-order valence-corrected chi connectivity index (χ4v) is 4.70. The largest absolute Gasteiger partial charge is 0.493 e. The van der Waals surface area contributed by atoms with E-state index in [9.17, 15) is 14.4 Å². The number of hydrogen-bond donors (Lipinski definition) is 4. The first-order valence-electron chi connectivity index (χ1n) is 14.7. The number of carboxylic acid groups (broad SMARTS) is 1. The van der Waals surface area contributed by atoms with Gasteiger partial charge in [-0.15, -0.1) is 0 Å². The third-order valence-electron chi connectivity index (χ3n) is 7.12. The van der Waals surface area contributed by atoms with Crippen molar-refractivity contribution in [2.75, 3.05) is 11.9 Å². The number of aryl methyl sites for hydroxylation is 2. The van der Waals surface area contributed by atoms with Gasteiger partial charge in [-0.1, -0.05) is 12.1 Å². The van der Waals surface area contributed by atoms with E-state index >= 15 is 0 Å². The van der Waals surface area contributed by atoms with Crippen molar-refractivity contribution in [3.05, 3.63) is 131 Å². The molecule has 0 aliphatic carbocycles. The Labute approximate surface area is 265 Å². The van der Waals surface area contributed by atoms with E-state index < -0.39 is 5.97 Å². The first kappa shape index (κ1) is 31.5. The molecular weight excluding hydrogens is 586 g/mol. The second-order valence-corrected chi connectivity index (χ2v) is 10.4. The van der Waals surface area contributed by atoms with Crippen molar-refractivity contribution < 1.29 is 29.0 Å². The van der Waals surface area contributed by atoms with Gasteiger partial charge in [-0.2, -0.15) is 0 Å². The molecule has 0 saturated heterocycles. The second kappa shape index (κ2) is 15.2. The number of rotatable bonds is 14. The normalized spacial score (nSPS) is 10.6. The van der Waals surface area contributed by atoms with Crippen molar-refractivity contribution in [3.63, 3.8) is 0 Å². The van der Waals surface area contributed by atoms with Gasteiger partial charge in [0.2, 0.25) is 0 Å². The number of carboxylic acids is 1. The van der Waals surface area contributed by atoms with Crippen LogP contribution in [0, 0.1) is 6.92 Å². The van der Waals surface area contributed by atoms with Gasteiger partial charge >= 0.3 is 5.97 Å². The van der Waals surface area contributed by atoms with Crippen molar-refractivity contribution in [2.24, 2.45) is 0 Å². The van der Waals surface area contributed by atoms with Crippen LogP contribution in [0.1, 0.15) is 49.7 Å². The monoisotopic (exact) mass is 619 g/mol. The first-order chi connectivity index (χ1) is 22.3. The van der Waals surface area contributed by atoms with E-state index in [1.54, 1.807) is 67.0 Å². The molecule has 0 atom stereocenters. The number of aliphatic carboxylic acids is 1. The number of carbonyl (C=O) groups excluding carboxylic acids is 2. The maximum absolute atomic E-state index is 12.5. The van der Waals surface area contributed by atoms with Crippen LogP contribution in [0.25, 0.3) is 0 Å². The summed E-state index contributed by atoms with van der Waals surface area (Å²) in [6, 6.07) is 23.0. The number of hydrogen-bond acceptors (Lipinski definition) is 7. The van der Waals surface area contributed by atoms with Gasteiger partial charge in [0.05, 0.1) is 12.2 Å². The maximum Gasteiger partial charge on any atom is 0.303 e. The number of amides is 2. The zero-order chi connectivity index (χ0) is 32.3. The van der Waals surface area contributed by atoms with Crippen LogP contribution in [-0.4, -0.2) is 44.4 Å². The van der Waals surface area contributed by atoms with E-state index in [1.807, 2.05) is 31.2 Å². The van der Waals surface area contributed by atoms with Crippen LogP contribution in [0.3, 0.4) is 0 Å². The Morgan fingerprint density at radius 3 is 2.41 bits per heavy atom. The molecular formula is C35H33N5O6. The molecule has 0 spiro atoms. The molecule has 5 aromatic rings. The molecule has 11 heteroatoms. The van der Waals surface area contributed by atoms with Gasteiger partial charge in [0.25, 0.3) is 11.8 Å². The van der Waals surface area contributed by atoms with Crippen LogP contribution in [0.5, 0.6) is 17.4 Å². The van der Waals surface area contributed by atoms with Crippen LogP contribution in [0.2, 0.25) is 0 Å². The molecule has 0 unspecified atom stereocenters. The van der Waals surface area contributed by atoms with Gasteiger partial charge in [0.1, 0.15) is 17.2 Å². The molecule has 0 bridgehead atoms. The number of anilines is 1. The minimum absolute atomic E-state index is 0.0224. The van der Waals surface area contributed by atoms with E-state index in [4.69, 9.17) is 14.6 Å². The highest BCUT2D eigenvalue weighted by molar-refractivity contribution is 6.04. The fraction of sp³-hybridized carbons (Fsp3) is 0.171.